The fourth-order valence-electron chi connectivity index (χ4n) is 8.43. The van der Waals surface area contributed by atoms with E-state index in [1.807, 2.05) is 6.92 Å². The molecule has 2 heterocycles. The topological polar surface area (TPSA) is 157 Å². The number of carbonyl (C=O) groups excluding carboxylic acids is 4. The summed E-state index contributed by atoms with van der Waals surface area (Å²) in [6, 6.07) is 0. The number of hydrogen-bond acceptors (Lipinski definition) is 10. The number of esters is 2. The first-order chi connectivity index (χ1) is 16.4. The first kappa shape index (κ1) is 24.1. The van der Waals surface area contributed by atoms with Gasteiger partial charge in [0.1, 0.15) is 12.2 Å². The molecule has 2 saturated carbocycles. The number of aliphatic hydroxyl groups excluding tert-OH is 3. The molecule has 5 aliphatic rings. The number of hydrogen-bond donors (Lipinski definition) is 3. The highest BCUT2D eigenvalue weighted by Crippen LogP contribution is 2.73. The first-order valence-electron chi connectivity index (χ1n) is 11.8. The molecule has 0 radical (unpaired) electrons. The van der Waals surface area contributed by atoms with Gasteiger partial charge in [0.05, 0.1) is 25.7 Å². The van der Waals surface area contributed by atoms with Crippen LogP contribution in [-0.2, 0) is 33.4 Å². The summed E-state index contributed by atoms with van der Waals surface area (Å²) in [4.78, 5) is 51.7. The van der Waals surface area contributed by atoms with Gasteiger partial charge in [-0.15, -0.1) is 0 Å². The van der Waals surface area contributed by atoms with Crippen molar-refractivity contribution in [1.82, 2.24) is 0 Å². The number of fused-ring (bicyclic) bond motifs is 2. The van der Waals surface area contributed by atoms with Crippen LogP contribution in [0.2, 0.25) is 0 Å². The van der Waals surface area contributed by atoms with E-state index in [4.69, 9.17) is 14.2 Å². The lowest BCUT2D eigenvalue weighted by Crippen LogP contribution is -2.78. The van der Waals surface area contributed by atoms with Gasteiger partial charge in [-0.05, 0) is 36.3 Å². The minimum absolute atomic E-state index is 0.105. The summed E-state index contributed by atoms with van der Waals surface area (Å²) in [5, 5.41) is 33.5. The Labute approximate surface area is 201 Å². The molecule has 2 saturated heterocycles. The van der Waals surface area contributed by atoms with E-state index in [0.717, 1.165) is 13.2 Å². The van der Waals surface area contributed by atoms with Gasteiger partial charge in [-0.3, -0.25) is 14.4 Å². The van der Waals surface area contributed by atoms with Crippen LogP contribution in [0.25, 0.3) is 0 Å². The average Bonchev–Trinajstić information content (AvgIpc) is 3.13. The molecule has 0 aromatic carbocycles. The Hall–Kier alpha value is -2.56. The lowest BCUT2D eigenvalue weighted by molar-refractivity contribution is -0.282. The number of ether oxygens (including phenoxy) is 3. The molecule has 10 atom stereocenters. The second kappa shape index (κ2) is 7.47. The van der Waals surface area contributed by atoms with Crippen LogP contribution in [0.1, 0.15) is 33.1 Å². The van der Waals surface area contributed by atoms with Crippen molar-refractivity contribution in [3.8, 4) is 0 Å². The Morgan fingerprint density at radius 1 is 1.26 bits per heavy atom. The van der Waals surface area contributed by atoms with E-state index < -0.39 is 81.9 Å². The molecule has 3 aliphatic carbocycles. The standard InChI is InChI=1S/C25H30O10/c1-5-11(26)6-12-18-24-9-34-25(18,22(32)33-4)20(30)17(29)19(24)23(3)8-14(27)16(28)10(2)13(23)7-15(24)35-21(12)31/h5,12-13,15,17-20,28-30H,1,6-9H2,2-4H3/t12-,13+,15-,17-,18?,19-,20+,23+,24+,25+/m1/s1. The minimum Gasteiger partial charge on any atom is -0.504 e. The van der Waals surface area contributed by atoms with Crippen molar-refractivity contribution in [3.05, 3.63) is 24.0 Å². The minimum atomic E-state index is -2.09. The van der Waals surface area contributed by atoms with Gasteiger partial charge in [-0.1, -0.05) is 13.5 Å². The molecular weight excluding hydrogens is 460 g/mol. The summed E-state index contributed by atoms with van der Waals surface area (Å²) in [6.45, 7) is 6.78. The van der Waals surface area contributed by atoms with Crippen LogP contribution in [0.15, 0.2) is 24.0 Å². The van der Waals surface area contributed by atoms with Gasteiger partial charge in [0.25, 0.3) is 0 Å². The van der Waals surface area contributed by atoms with Crippen molar-refractivity contribution in [1.29, 1.82) is 0 Å². The lowest BCUT2D eigenvalue weighted by Gasteiger charge is -2.67. The molecule has 190 valence electrons. The number of aliphatic hydroxyl groups is 3. The van der Waals surface area contributed by atoms with Crippen molar-refractivity contribution in [3.63, 3.8) is 0 Å². The molecule has 10 heteroatoms. The third-order valence-corrected chi connectivity index (χ3v) is 9.66. The van der Waals surface area contributed by atoms with E-state index in [1.54, 1.807) is 6.92 Å². The SMILES string of the molecule is C=CC(=O)C[C@H]1C(=O)O[C@@H]2C[C@H]3C(C)=C(O)C(=O)C[C@]3(C)[C@H]3[C@@H](O)[C@H](O)[C@@]4(C(=O)OC)OC[C@]32C14. The number of ketones is 2. The molecule has 1 unspecified atom stereocenters. The second-order valence-corrected chi connectivity index (χ2v) is 10.9. The van der Waals surface area contributed by atoms with Crippen LogP contribution >= 0.6 is 0 Å². The molecule has 0 aromatic rings. The van der Waals surface area contributed by atoms with Gasteiger partial charge >= 0.3 is 11.9 Å². The van der Waals surface area contributed by atoms with Crippen LogP contribution in [0.4, 0.5) is 0 Å². The number of rotatable bonds is 4. The van der Waals surface area contributed by atoms with E-state index in [9.17, 15) is 34.5 Å². The van der Waals surface area contributed by atoms with Crippen LogP contribution in [-0.4, -0.2) is 76.5 Å². The van der Waals surface area contributed by atoms with Gasteiger partial charge in [0.15, 0.2) is 22.9 Å². The fourth-order valence-corrected chi connectivity index (χ4v) is 8.43. The van der Waals surface area contributed by atoms with Gasteiger partial charge in [-0.25, -0.2) is 4.79 Å². The van der Waals surface area contributed by atoms with Crippen LogP contribution in [0.3, 0.4) is 0 Å². The molecule has 3 N–H and O–H groups in total. The number of Topliss-reactive ketones (excluding diaryl/α,β-unsaturated/α-hetero) is 1. The third kappa shape index (κ3) is 2.65. The molecule has 0 aromatic heterocycles. The van der Waals surface area contributed by atoms with Crippen molar-refractivity contribution >= 4 is 23.5 Å². The molecule has 0 amide bonds. The van der Waals surface area contributed by atoms with E-state index in [1.165, 1.54) is 0 Å². The summed E-state index contributed by atoms with van der Waals surface area (Å²) in [7, 11) is 1.12. The highest BCUT2D eigenvalue weighted by molar-refractivity contribution is 5.96. The average molecular weight is 491 g/mol. The second-order valence-electron chi connectivity index (χ2n) is 10.9. The summed E-state index contributed by atoms with van der Waals surface area (Å²) >= 11 is 0. The van der Waals surface area contributed by atoms with Crippen LogP contribution < -0.4 is 0 Å². The quantitative estimate of drug-likeness (QED) is 0.372. The summed E-state index contributed by atoms with van der Waals surface area (Å²) in [5.74, 6) is -6.42. The fraction of sp³-hybridized carbons (Fsp3) is 0.680. The van der Waals surface area contributed by atoms with Gasteiger partial charge in [0, 0.05) is 30.1 Å². The molecular formula is C25H30O10. The van der Waals surface area contributed by atoms with Gasteiger partial charge in [-0.2, -0.15) is 0 Å². The number of carbonyl (C=O) groups is 4. The predicted molar refractivity (Wildman–Crippen MR) is 116 cm³/mol. The maximum atomic E-state index is 13.3. The van der Waals surface area contributed by atoms with Crippen molar-refractivity contribution in [2.45, 2.75) is 57.0 Å². The summed E-state index contributed by atoms with van der Waals surface area (Å²) < 4.78 is 17.0. The van der Waals surface area contributed by atoms with Crippen molar-refractivity contribution in [2.24, 2.45) is 34.5 Å². The molecule has 5 rings (SSSR count). The largest absolute Gasteiger partial charge is 0.504 e. The first-order valence-corrected chi connectivity index (χ1v) is 11.8. The zero-order valence-corrected chi connectivity index (χ0v) is 19.9. The van der Waals surface area contributed by atoms with Crippen molar-refractivity contribution < 1.29 is 48.7 Å². The van der Waals surface area contributed by atoms with Gasteiger partial charge < -0.3 is 29.5 Å². The molecule has 2 bridgehead atoms. The Balaban J connectivity index is 1.77. The Morgan fingerprint density at radius 3 is 2.57 bits per heavy atom. The highest BCUT2D eigenvalue weighted by atomic mass is 16.6. The van der Waals surface area contributed by atoms with E-state index >= 15 is 0 Å². The highest BCUT2D eigenvalue weighted by Gasteiger charge is 2.84. The Kier molecular flexibility index (Phi) is 5.16. The van der Waals surface area contributed by atoms with E-state index in [2.05, 4.69) is 6.58 Å². The van der Waals surface area contributed by atoms with Crippen LogP contribution in [0.5, 0.6) is 0 Å². The van der Waals surface area contributed by atoms with E-state index in [-0.39, 0.29) is 31.6 Å². The Bertz CT molecular complexity index is 1080. The molecule has 1 spiro atoms. The summed E-state index contributed by atoms with van der Waals surface area (Å²) in [5.41, 5.74) is -3.79. The predicted octanol–water partition coefficient (Wildman–Crippen LogP) is 0.400. The number of allylic oxidation sites excluding steroid dienone is 3. The van der Waals surface area contributed by atoms with Crippen molar-refractivity contribution in [2.75, 3.05) is 13.7 Å². The van der Waals surface area contributed by atoms with Crippen LogP contribution in [0, 0.1) is 34.5 Å². The summed E-state index contributed by atoms with van der Waals surface area (Å²) in [6.07, 6.45) is -3.29. The lowest BCUT2D eigenvalue weighted by atomic mass is 9.37. The molecule has 2 aliphatic heterocycles. The third-order valence-electron chi connectivity index (χ3n) is 9.66. The monoisotopic (exact) mass is 490 g/mol. The van der Waals surface area contributed by atoms with E-state index in [0.29, 0.717) is 5.57 Å². The van der Waals surface area contributed by atoms with Gasteiger partial charge in [0.2, 0.25) is 0 Å². The Morgan fingerprint density at radius 2 is 1.94 bits per heavy atom. The molecule has 10 nitrogen and oxygen atoms in total. The zero-order valence-electron chi connectivity index (χ0n) is 19.9. The number of methoxy groups -OCH3 is 1. The molecule has 4 fully saturated rings. The maximum Gasteiger partial charge on any atom is 0.341 e. The maximum absolute atomic E-state index is 13.3. The normalized spacial score (nSPS) is 48.0. The smallest absolute Gasteiger partial charge is 0.341 e. The zero-order chi connectivity index (χ0) is 25.7. The molecule has 35 heavy (non-hydrogen) atoms.